The van der Waals surface area contributed by atoms with Crippen molar-refractivity contribution >= 4 is 23.2 Å². The minimum atomic E-state index is 0.166. The number of rotatable bonds is 5. The molecule has 0 fully saturated rings. The Morgan fingerprint density at radius 2 is 1.14 bits per heavy atom. The molecule has 0 bridgehead atoms. The highest BCUT2D eigenvalue weighted by molar-refractivity contribution is 6.32. The van der Waals surface area contributed by atoms with Crippen LogP contribution in [0.3, 0.4) is 0 Å². The third kappa shape index (κ3) is 3.50. The van der Waals surface area contributed by atoms with Gasteiger partial charge in [0.25, 0.3) is 0 Å². The van der Waals surface area contributed by atoms with Crippen molar-refractivity contribution in [1.29, 1.82) is 0 Å². The number of phenolic OH excluding ortho intramolecular Hbond substituents is 2. The van der Waals surface area contributed by atoms with Crippen molar-refractivity contribution in [3.05, 3.63) is 57.6 Å². The minimum Gasteiger partial charge on any atom is -0.508 e. The summed E-state index contributed by atoms with van der Waals surface area (Å²) >= 11 is 12.6. The van der Waals surface area contributed by atoms with Gasteiger partial charge in [-0.25, -0.2) is 0 Å². The number of phenols is 2. The molecule has 0 amide bonds. The Labute approximate surface area is 141 Å². The van der Waals surface area contributed by atoms with E-state index < -0.39 is 0 Å². The first-order chi connectivity index (χ1) is 10.5. The fraction of sp³-hybridized carbons (Fsp3) is 0.333. The molecule has 0 aliphatic carbocycles. The van der Waals surface area contributed by atoms with E-state index in [2.05, 4.69) is 13.8 Å². The van der Waals surface area contributed by atoms with Crippen molar-refractivity contribution in [1.82, 2.24) is 0 Å². The molecule has 0 aromatic heterocycles. The van der Waals surface area contributed by atoms with Gasteiger partial charge in [-0.2, -0.15) is 0 Å². The van der Waals surface area contributed by atoms with Crippen molar-refractivity contribution in [2.24, 2.45) is 0 Å². The molecule has 4 heteroatoms. The van der Waals surface area contributed by atoms with E-state index in [1.807, 2.05) is 12.1 Å². The maximum absolute atomic E-state index is 9.55. The van der Waals surface area contributed by atoms with Crippen LogP contribution in [0.2, 0.25) is 10.0 Å². The molecule has 0 saturated carbocycles. The molecule has 0 heterocycles. The normalized spacial score (nSPS) is 13.8. The van der Waals surface area contributed by atoms with Crippen molar-refractivity contribution in [2.45, 2.75) is 38.5 Å². The van der Waals surface area contributed by atoms with Crippen LogP contribution in [-0.2, 0) is 0 Å². The lowest BCUT2D eigenvalue weighted by Gasteiger charge is -2.28. The van der Waals surface area contributed by atoms with E-state index in [0.717, 1.165) is 24.0 Å². The molecule has 0 aliphatic rings. The molecule has 2 unspecified atom stereocenters. The SMILES string of the molecule is CCC(c1ccc(O)cc1Cl)C(CC)c1ccc(O)cc1Cl. The zero-order chi connectivity index (χ0) is 16.3. The van der Waals surface area contributed by atoms with Gasteiger partial charge in [-0.3, -0.25) is 0 Å². The maximum atomic E-state index is 9.55. The maximum Gasteiger partial charge on any atom is 0.117 e. The summed E-state index contributed by atoms with van der Waals surface area (Å²) in [7, 11) is 0. The molecule has 0 saturated heterocycles. The topological polar surface area (TPSA) is 40.5 Å². The third-order valence-electron chi connectivity index (χ3n) is 4.13. The van der Waals surface area contributed by atoms with E-state index in [0.29, 0.717) is 10.0 Å². The van der Waals surface area contributed by atoms with Gasteiger partial charge in [-0.05, 0) is 60.1 Å². The van der Waals surface area contributed by atoms with E-state index in [1.54, 1.807) is 24.3 Å². The molecule has 0 aliphatic heterocycles. The van der Waals surface area contributed by atoms with Crippen LogP contribution in [0.25, 0.3) is 0 Å². The van der Waals surface area contributed by atoms with Crippen LogP contribution in [0.1, 0.15) is 49.7 Å². The molecule has 0 radical (unpaired) electrons. The summed E-state index contributed by atoms with van der Waals surface area (Å²) in [6.45, 7) is 4.23. The number of aromatic hydroxyl groups is 2. The van der Waals surface area contributed by atoms with Crippen LogP contribution >= 0.6 is 23.2 Å². The number of benzene rings is 2. The summed E-state index contributed by atoms with van der Waals surface area (Å²) in [5.74, 6) is 0.721. The Morgan fingerprint density at radius 1 is 0.773 bits per heavy atom. The van der Waals surface area contributed by atoms with Crippen LogP contribution in [0.5, 0.6) is 11.5 Å². The lowest BCUT2D eigenvalue weighted by molar-refractivity contribution is 0.470. The summed E-state index contributed by atoms with van der Waals surface area (Å²) in [5, 5.41) is 20.2. The monoisotopic (exact) mass is 338 g/mol. The minimum absolute atomic E-state index is 0.166. The third-order valence-corrected chi connectivity index (χ3v) is 4.79. The van der Waals surface area contributed by atoms with Crippen LogP contribution in [0, 0.1) is 0 Å². The van der Waals surface area contributed by atoms with E-state index in [9.17, 15) is 10.2 Å². The summed E-state index contributed by atoms with van der Waals surface area (Å²) < 4.78 is 0. The van der Waals surface area contributed by atoms with Gasteiger partial charge in [0, 0.05) is 10.0 Å². The fourth-order valence-electron chi connectivity index (χ4n) is 3.08. The van der Waals surface area contributed by atoms with E-state index >= 15 is 0 Å². The Kier molecular flexibility index (Phi) is 5.60. The number of hydrogen-bond acceptors (Lipinski definition) is 2. The Balaban J connectivity index is 2.46. The standard InChI is InChI=1S/C18H20Cl2O2/c1-3-13(15-7-5-11(21)9-17(15)19)14(4-2)16-8-6-12(22)10-18(16)20/h5-10,13-14,21-22H,3-4H2,1-2H3. The molecule has 0 spiro atoms. The van der Waals surface area contributed by atoms with Gasteiger partial charge < -0.3 is 10.2 Å². The second-order valence-corrected chi connectivity index (χ2v) is 6.26. The molecule has 2 aromatic carbocycles. The summed E-state index contributed by atoms with van der Waals surface area (Å²) in [4.78, 5) is 0. The smallest absolute Gasteiger partial charge is 0.117 e. The lowest BCUT2D eigenvalue weighted by Crippen LogP contribution is -2.11. The predicted molar refractivity (Wildman–Crippen MR) is 92.3 cm³/mol. The molecule has 2 aromatic rings. The van der Waals surface area contributed by atoms with Gasteiger partial charge in [0.2, 0.25) is 0 Å². The zero-order valence-electron chi connectivity index (χ0n) is 12.7. The second-order valence-electron chi connectivity index (χ2n) is 5.44. The van der Waals surface area contributed by atoms with Crippen molar-refractivity contribution < 1.29 is 10.2 Å². The molecule has 118 valence electrons. The van der Waals surface area contributed by atoms with Crippen LogP contribution in [0.4, 0.5) is 0 Å². The number of hydrogen-bond donors (Lipinski definition) is 2. The van der Waals surface area contributed by atoms with Gasteiger partial charge in [0.15, 0.2) is 0 Å². The van der Waals surface area contributed by atoms with Gasteiger partial charge in [0.05, 0.1) is 0 Å². The molecule has 2 nitrogen and oxygen atoms in total. The van der Waals surface area contributed by atoms with E-state index in [1.165, 1.54) is 0 Å². The molecule has 2 N–H and O–H groups in total. The van der Waals surface area contributed by atoms with Crippen LogP contribution in [-0.4, -0.2) is 10.2 Å². The van der Waals surface area contributed by atoms with Crippen LogP contribution in [0.15, 0.2) is 36.4 Å². The lowest BCUT2D eigenvalue weighted by atomic mass is 9.78. The molecule has 2 atom stereocenters. The molecule has 22 heavy (non-hydrogen) atoms. The summed E-state index contributed by atoms with van der Waals surface area (Å²) in [6.07, 6.45) is 1.81. The first-order valence-electron chi connectivity index (χ1n) is 7.44. The van der Waals surface area contributed by atoms with Gasteiger partial charge in [0.1, 0.15) is 11.5 Å². The van der Waals surface area contributed by atoms with Crippen molar-refractivity contribution in [2.75, 3.05) is 0 Å². The highest BCUT2D eigenvalue weighted by Crippen LogP contribution is 2.43. The first-order valence-corrected chi connectivity index (χ1v) is 8.20. The molecular weight excluding hydrogens is 319 g/mol. The van der Waals surface area contributed by atoms with Crippen molar-refractivity contribution in [3.63, 3.8) is 0 Å². The van der Waals surface area contributed by atoms with Crippen molar-refractivity contribution in [3.8, 4) is 11.5 Å². The Morgan fingerprint density at radius 3 is 1.41 bits per heavy atom. The average Bonchev–Trinajstić information content (AvgIpc) is 2.47. The van der Waals surface area contributed by atoms with Gasteiger partial charge in [-0.15, -0.1) is 0 Å². The van der Waals surface area contributed by atoms with E-state index in [4.69, 9.17) is 23.2 Å². The molecular formula is C18H20Cl2O2. The Bertz CT molecular complexity index is 598. The zero-order valence-corrected chi connectivity index (χ0v) is 14.2. The highest BCUT2D eigenvalue weighted by atomic mass is 35.5. The quantitative estimate of drug-likeness (QED) is 0.692. The van der Waals surface area contributed by atoms with Gasteiger partial charge >= 0.3 is 0 Å². The predicted octanol–water partition coefficient (Wildman–Crippen LogP) is 6.09. The molecule has 2 rings (SSSR count). The first kappa shape index (κ1) is 17.0. The summed E-state index contributed by atoms with van der Waals surface area (Å²) in [6, 6.07) is 10.2. The largest absolute Gasteiger partial charge is 0.508 e. The fourth-order valence-corrected chi connectivity index (χ4v) is 3.71. The second kappa shape index (κ2) is 7.26. The highest BCUT2D eigenvalue weighted by Gasteiger charge is 2.25. The number of halogens is 2. The average molecular weight is 339 g/mol. The van der Waals surface area contributed by atoms with E-state index in [-0.39, 0.29) is 23.3 Å². The van der Waals surface area contributed by atoms with Gasteiger partial charge in [-0.1, -0.05) is 49.2 Å². The van der Waals surface area contributed by atoms with Crippen LogP contribution < -0.4 is 0 Å². The Hall–Kier alpha value is -1.38. The summed E-state index contributed by atoms with van der Waals surface area (Å²) in [5.41, 5.74) is 2.02.